The third kappa shape index (κ3) is 4.42. The molecule has 1 saturated heterocycles. The van der Waals surface area contributed by atoms with Gasteiger partial charge in [-0.15, -0.1) is 0 Å². The van der Waals surface area contributed by atoms with Crippen molar-refractivity contribution in [2.75, 3.05) is 24.5 Å². The van der Waals surface area contributed by atoms with E-state index in [-0.39, 0.29) is 12.1 Å². The van der Waals surface area contributed by atoms with Crippen LogP contribution in [0.5, 0.6) is 0 Å². The summed E-state index contributed by atoms with van der Waals surface area (Å²) in [6.45, 7) is 4.71. The fourth-order valence-electron chi connectivity index (χ4n) is 5.57. The zero-order chi connectivity index (χ0) is 24.7. The zero-order valence-electron chi connectivity index (χ0n) is 20.7. The van der Waals surface area contributed by atoms with Crippen LogP contribution in [0.3, 0.4) is 0 Å². The highest BCUT2D eigenvalue weighted by Gasteiger charge is 2.33. The van der Waals surface area contributed by atoms with Gasteiger partial charge in [-0.2, -0.15) is 5.10 Å². The van der Waals surface area contributed by atoms with E-state index < -0.39 is 5.60 Å². The van der Waals surface area contributed by atoms with Crippen LogP contribution in [-0.2, 0) is 33.1 Å². The lowest BCUT2D eigenvalue weighted by atomic mass is 9.91. The van der Waals surface area contributed by atoms with Gasteiger partial charge >= 0.3 is 0 Å². The van der Waals surface area contributed by atoms with E-state index in [1.165, 1.54) is 33.3 Å². The number of aliphatic hydroxyl groups is 1. The van der Waals surface area contributed by atoms with Crippen LogP contribution in [0.15, 0.2) is 65.8 Å². The summed E-state index contributed by atoms with van der Waals surface area (Å²) in [4.78, 5) is 22.0. The lowest BCUT2D eigenvalue weighted by Crippen LogP contribution is -2.47. The number of likely N-dealkylation sites (tertiary alicyclic amines) is 1. The van der Waals surface area contributed by atoms with Crippen LogP contribution < -0.4 is 10.5 Å². The van der Waals surface area contributed by atoms with Crippen molar-refractivity contribution in [2.45, 2.75) is 44.5 Å². The fraction of sp³-hybridized carbons (Fsp3) is 0.393. The summed E-state index contributed by atoms with van der Waals surface area (Å²) in [5.41, 5.74) is 4.94. The number of aryl methyl sites for hydroxylation is 1. The van der Waals surface area contributed by atoms with Crippen molar-refractivity contribution < 1.29 is 5.11 Å². The number of anilines is 1. The van der Waals surface area contributed by atoms with Crippen molar-refractivity contribution in [3.05, 3.63) is 88.1 Å². The molecular formula is C28H32N6O2. The summed E-state index contributed by atoms with van der Waals surface area (Å²) in [5, 5.41) is 15.8. The third-order valence-electron chi connectivity index (χ3n) is 7.81. The Morgan fingerprint density at radius 3 is 2.53 bits per heavy atom. The maximum atomic E-state index is 12.8. The molecule has 36 heavy (non-hydrogen) atoms. The Hall–Kier alpha value is -3.49. The summed E-state index contributed by atoms with van der Waals surface area (Å²) in [6.07, 6.45) is 5.40. The number of hydrogen-bond donors (Lipinski definition) is 1. The van der Waals surface area contributed by atoms with E-state index in [9.17, 15) is 9.90 Å². The van der Waals surface area contributed by atoms with Crippen molar-refractivity contribution in [3.8, 4) is 0 Å². The first-order valence-electron chi connectivity index (χ1n) is 12.7. The van der Waals surface area contributed by atoms with Gasteiger partial charge in [0.15, 0.2) is 5.65 Å². The molecule has 0 aliphatic carbocycles. The van der Waals surface area contributed by atoms with E-state index in [0.717, 1.165) is 39.1 Å². The Labute approximate surface area is 210 Å². The molecule has 2 aromatic carbocycles. The van der Waals surface area contributed by atoms with Crippen LogP contribution in [0.1, 0.15) is 29.5 Å². The monoisotopic (exact) mass is 484 g/mol. The lowest BCUT2D eigenvalue weighted by molar-refractivity contribution is -0.0364. The van der Waals surface area contributed by atoms with Gasteiger partial charge in [0, 0.05) is 45.5 Å². The first-order chi connectivity index (χ1) is 17.5. The zero-order valence-corrected chi connectivity index (χ0v) is 20.7. The smallest absolute Gasteiger partial charge is 0.264 e. The minimum Gasteiger partial charge on any atom is -0.388 e. The first-order valence-corrected chi connectivity index (χ1v) is 12.7. The highest BCUT2D eigenvalue weighted by molar-refractivity contribution is 5.72. The SMILES string of the molecule is Cn1ncc2c(=O)n(CC3(O)CCN(Cc4ccc(N5CCc6ccccc6C5)cc4)CC3)cnc21. The molecule has 0 saturated carbocycles. The van der Waals surface area contributed by atoms with Crippen molar-refractivity contribution in [2.24, 2.45) is 7.05 Å². The molecule has 0 spiro atoms. The minimum atomic E-state index is -0.910. The van der Waals surface area contributed by atoms with E-state index in [0.29, 0.717) is 23.9 Å². The molecule has 1 fully saturated rings. The number of fused-ring (bicyclic) bond motifs is 2. The molecule has 4 aromatic rings. The Morgan fingerprint density at radius 1 is 1.00 bits per heavy atom. The molecule has 0 amide bonds. The van der Waals surface area contributed by atoms with Crippen LogP contribution >= 0.6 is 0 Å². The average Bonchev–Trinajstić information content (AvgIpc) is 3.28. The predicted molar refractivity (Wildman–Crippen MR) is 140 cm³/mol. The molecule has 2 aliphatic rings. The van der Waals surface area contributed by atoms with E-state index in [2.05, 4.69) is 68.4 Å². The molecule has 1 N–H and O–H groups in total. The van der Waals surface area contributed by atoms with Gasteiger partial charge in [-0.25, -0.2) is 4.98 Å². The number of piperidine rings is 1. The highest BCUT2D eigenvalue weighted by atomic mass is 16.3. The van der Waals surface area contributed by atoms with Crippen LogP contribution in [0.25, 0.3) is 11.0 Å². The number of rotatable bonds is 5. The highest BCUT2D eigenvalue weighted by Crippen LogP contribution is 2.27. The van der Waals surface area contributed by atoms with Crippen molar-refractivity contribution in [1.82, 2.24) is 24.2 Å². The quantitative estimate of drug-likeness (QED) is 0.469. The first kappa shape index (κ1) is 22.9. The molecule has 2 aliphatic heterocycles. The van der Waals surface area contributed by atoms with Gasteiger partial charge < -0.3 is 10.0 Å². The summed E-state index contributed by atoms with van der Waals surface area (Å²) in [6, 6.07) is 17.6. The maximum absolute atomic E-state index is 12.8. The second kappa shape index (κ2) is 9.19. The largest absolute Gasteiger partial charge is 0.388 e. The van der Waals surface area contributed by atoms with Gasteiger partial charge in [0.2, 0.25) is 0 Å². The summed E-state index contributed by atoms with van der Waals surface area (Å²) < 4.78 is 3.11. The Kier molecular flexibility index (Phi) is 5.85. The molecule has 8 heteroatoms. The molecule has 4 heterocycles. The normalized spacial score (nSPS) is 17.9. The summed E-state index contributed by atoms with van der Waals surface area (Å²) >= 11 is 0. The average molecular weight is 485 g/mol. The number of hydrogen-bond acceptors (Lipinski definition) is 6. The van der Waals surface area contributed by atoms with Crippen molar-refractivity contribution >= 4 is 16.7 Å². The minimum absolute atomic E-state index is 0.152. The van der Waals surface area contributed by atoms with Gasteiger partial charge in [0.05, 0.1) is 18.3 Å². The van der Waals surface area contributed by atoms with Crippen molar-refractivity contribution in [3.63, 3.8) is 0 Å². The predicted octanol–water partition coefficient (Wildman–Crippen LogP) is 2.72. The van der Waals surface area contributed by atoms with E-state index in [4.69, 9.17) is 0 Å². The Balaban J connectivity index is 1.05. The van der Waals surface area contributed by atoms with Crippen LogP contribution in [0.4, 0.5) is 5.69 Å². The molecule has 8 nitrogen and oxygen atoms in total. The van der Waals surface area contributed by atoms with Gasteiger partial charge in [-0.3, -0.25) is 18.9 Å². The number of nitrogens with zero attached hydrogens (tertiary/aromatic N) is 6. The standard InChI is InChI=1S/C28H32N6O2/c1-31-26-25(16-30-31)27(35)34(20-29-26)19-28(36)11-14-32(15-12-28)17-21-6-8-24(9-7-21)33-13-10-22-4-2-3-5-23(22)18-33/h2-9,16,20,36H,10-15,17-19H2,1H3. The molecule has 186 valence electrons. The van der Waals surface area contributed by atoms with Gasteiger partial charge in [-0.1, -0.05) is 36.4 Å². The molecular weight excluding hydrogens is 452 g/mol. The summed E-state index contributed by atoms with van der Waals surface area (Å²) in [5.74, 6) is 0. The molecule has 2 aromatic heterocycles. The molecule has 0 atom stereocenters. The molecule has 0 radical (unpaired) electrons. The maximum Gasteiger partial charge on any atom is 0.264 e. The molecule has 0 unspecified atom stereocenters. The van der Waals surface area contributed by atoms with E-state index in [1.54, 1.807) is 17.9 Å². The Morgan fingerprint density at radius 2 is 1.75 bits per heavy atom. The fourth-order valence-corrected chi connectivity index (χ4v) is 5.57. The van der Waals surface area contributed by atoms with Gasteiger partial charge in [0.25, 0.3) is 5.56 Å². The molecule has 6 rings (SSSR count). The van der Waals surface area contributed by atoms with Gasteiger partial charge in [0.1, 0.15) is 11.7 Å². The second-order valence-corrected chi connectivity index (χ2v) is 10.3. The number of aromatic nitrogens is 4. The third-order valence-corrected chi connectivity index (χ3v) is 7.81. The van der Waals surface area contributed by atoms with Crippen molar-refractivity contribution in [1.29, 1.82) is 0 Å². The second-order valence-electron chi connectivity index (χ2n) is 10.3. The summed E-state index contributed by atoms with van der Waals surface area (Å²) in [7, 11) is 1.77. The lowest BCUT2D eigenvalue weighted by Gasteiger charge is -2.38. The van der Waals surface area contributed by atoms with Crippen LogP contribution in [0.2, 0.25) is 0 Å². The van der Waals surface area contributed by atoms with Crippen LogP contribution in [-0.4, -0.2) is 54.6 Å². The van der Waals surface area contributed by atoms with Gasteiger partial charge in [-0.05, 0) is 48.1 Å². The van der Waals surface area contributed by atoms with E-state index >= 15 is 0 Å². The Bertz CT molecular complexity index is 1430. The van der Waals surface area contributed by atoms with E-state index in [1.807, 2.05) is 0 Å². The van der Waals surface area contributed by atoms with Crippen LogP contribution in [0, 0.1) is 0 Å². The topological polar surface area (TPSA) is 79.4 Å². The molecule has 0 bridgehead atoms. The number of benzene rings is 2.